The summed E-state index contributed by atoms with van der Waals surface area (Å²) in [6, 6.07) is 0. The number of phosphoric acid groups is 1. The molecule has 1 aliphatic rings. The van der Waals surface area contributed by atoms with Gasteiger partial charge in [-0.15, -0.1) is 0 Å². The van der Waals surface area contributed by atoms with Crippen molar-refractivity contribution in [2.45, 2.75) is 224 Å². The van der Waals surface area contributed by atoms with Crippen LogP contribution in [-0.4, -0.2) is 98.3 Å². The standard InChI is InChI=1S/C43H79O13P/c1-3-5-7-9-11-13-15-17-18-20-21-23-25-27-29-31-36(44)53-33-35(34-54-57(51,52)56-43-41(49)39(47)38(46)40(48)42(43)50)55-37(45)32-30-28-26-24-22-19-16-14-12-10-8-6-4-2/h14,16,25,27,35,38-43,46-50H,3-13,15,17-24,26,28-34H2,1-2H3,(H,51,52)/b16-14+,27-25+/t35-,38?,39-,40?,41?,42?,43?/m0/s1. The number of allylic oxidation sites excluding steroid dienone is 4. The zero-order valence-corrected chi connectivity index (χ0v) is 36.0. The van der Waals surface area contributed by atoms with Crippen LogP contribution < -0.4 is 0 Å². The molecule has 0 saturated heterocycles. The number of hydrogen-bond donors (Lipinski definition) is 6. The highest BCUT2D eigenvalue weighted by atomic mass is 31.2. The summed E-state index contributed by atoms with van der Waals surface area (Å²) in [5.74, 6) is -1.16. The number of aliphatic hydroxyl groups is 5. The summed E-state index contributed by atoms with van der Waals surface area (Å²) in [7, 11) is -5.12. The lowest BCUT2D eigenvalue weighted by Gasteiger charge is -2.41. The number of aliphatic hydroxyl groups excluding tert-OH is 5. The molecule has 57 heavy (non-hydrogen) atoms. The summed E-state index contributed by atoms with van der Waals surface area (Å²) in [6.07, 6.45) is 22.5. The Hall–Kier alpha value is -1.67. The van der Waals surface area contributed by atoms with Crippen LogP contribution in [0.25, 0.3) is 0 Å². The molecule has 14 heteroatoms. The molecule has 0 aromatic rings. The molecule has 0 bridgehead atoms. The van der Waals surface area contributed by atoms with Crippen molar-refractivity contribution in [2.24, 2.45) is 0 Å². The Bertz CT molecular complexity index is 1100. The van der Waals surface area contributed by atoms with Crippen molar-refractivity contribution in [1.82, 2.24) is 0 Å². The molecule has 0 aliphatic heterocycles. The number of ether oxygens (including phenoxy) is 2. The zero-order valence-electron chi connectivity index (χ0n) is 35.1. The fourth-order valence-electron chi connectivity index (χ4n) is 6.65. The number of phosphoric ester groups is 1. The average Bonchev–Trinajstić information content (AvgIpc) is 3.19. The summed E-state index contributed by atoms with van der Waals surface area (Å²) >= 11 is 0. The lowest BCUT2D eigenvalue weighted by atomic mass is 9.85. The third kappa shape index (κ3) is 26.9. The first-order chi connectivity index (χ1) is 27.4. The van der Waals surface area contributed by atoms with E-state index < -0.39 is 75.7 Å². The molecule has 0 heterocycles. The molecule has 0 spiro atoms. The normalized spacial score (nSPS) is 22.9. The van der Waals surface area contributed by atoms with Crippen LogP contribution in [0.3, 0.4) is 0 Å². The van der Waals surface area contributed by atoms with Crippen molar-refractivity contribution < 1.29 is 63.1 Å². The molecule has 334 valence electrons. The van der Waals surface area contributed by atoms with Crippen LogP contribution in [0.4, 0.5) is 0 Å². The van der Waals surface area contributed by atoms with E-state index in [1.54, 1.807) is 0 Å². The van der Waals surface area contributed by atoms with Crippen LogP contribution in [0, 0.1) is 0 Å². The van der Waals surface area contributed by atoms with Gasteiger partial charge in [-0.25, -0.2) is 4.57 Å². The number of rotatable bonds is 36. The van der Waals surface area contributed by atoms with Crippen molar-refractivity contribution in [3.8, 4) is 0 Å². The minimum absolute atomic E-state index is 0.0812. The smallest absolute Gasteiger partial charge is 0.462 e. The minimum Gasteiger partial charge on any atom is -0.462 e. The van der Waals surface area contributed by atoms with Gasteiger partial charge in [-0.2, -0.15) is 0 Å². The summed E-state index contributed by atoms with van der Waals surface area (Å²) in [6.45, 7) is 3.23. The molecule has 0 amide bonds. The van der Waals surface area contributed by atoms with Crippen LogP contribution in [0.2, 0.25) is 0 Å². The van der Waals surface area contributed by atoms with E-state index in [2.05, 4.69) is 32.1 Å². The summed E-state index contributed by atoms with van der Waals surface area (Å²) in [5.41, 5.74) is 0. The largest absolute Gasteiger partial charge is 0.472 e. The summed E-state index contributed by atoms with van der Waals surface area (Å²) < 4.78 is 33.4. The lowest BCUT2D eigenvalue weighted by molar-refractivity contribution is -0.220. The van der Waals surface area contributed by atoms with Crippen molar-refractivity contribution in [2.75, 3.05) is 13.2 Å². The number of esters is 2. The van der Waals surface area contributed by atoms with Crippen molar-refractivity contribution in [3.05, 3.63) is 24.3 Å². The van der Waals surface area contributed by atoms with E-state index in [-0.39, 0.29) is 12.8 Å². The Morgan fingerprint density at radius 2 is 0.930 bits per heavy atom. The van der Waals surface area contributed by atoms with E-state index in [0.29, 0.717) is 12.8 Å². The van der Waals surface area contributed by atoms with Crippen LogP contribution in [0.5, 0.6) is 0 Å². The minimum atomic E-state index is -5.12. The molecule has 6 N–H and O–H groups in total. The molecule has 1 aliphatic carbocycles. The van der Waals surface area contributed by atoms with Crippen LogP contribution in [0.1, 0.15) is 181 Å². The lowest BCUT2D eigenvalue weighted by Crippen LogP contribution is -2.64. The molecule has 1 saturated carbocycles. The number of carbonyl (C=O) groups excluding carboxylic acids is 2. The van der Waals surface area contributed by atoms with Gasteiger partial charge >= 0.3 is 19.8 Å². The highest BCUT2D eigenvalue weighted by Crippen LogP contribution is 2.47. The zero-order chi connectivity index (χ0) is 42.2. The Balaban J connectivity index is 2.50. The maximum atomic E-state index is 12.8. The third-order valence-corrected chi connectivity index (χ3v) is 11.3. The molecule has 0 radical (unpaired) electrons. The highest BCUT2D eigenvalue weighted by molar-refractivity contribution is 7.47. The van der Waals surface area contributed by atoms with E-state index in [4.69, 9.17) is 18.5 Å². The van der Waals surface area contributed by atoms with Gasteiger partial charge < -0.3 is 39.9 Å². The Morgan fingerprint density at radius 3 is 1.42 bits per heavy atom. The molecule has 1 fully saturated rings. The maximum absolute atomic E-state index is 12.8. The topological polar surface area (TPSA) is 210 Å². The van der Waals surface area contributed by atoms with Crippen LogP contribution in [-0.2, 0) is 32.7 Å². The predicted molar refractivity (Wildman–Crippen MR) is 221 cm³/mol. The van der Waals surface area contributed by atoms with E-state index in [1.165, 1.54) is 89.9 Å². The van der Waals surface area contributed by atoms with Gasteiger partial charge in [0.2, 0.25) is 0 Å². The third-order valence-electron chi connectivity index (χ3n) is 10.3. The molecule has 6 unspecified atom stereocenters. The fraction of sp³-hybridized carbons (Fsp3) is 0.860. The first-order valence-electron chi connectivity index (χ1n) is 22.1. The van der Waals surface area contributed by atoms with Crippen LogP contribution in [0.15, 0.2) is 24.3 Å². The molecule has 8 atom stereocenters. The summed E-state index contributed by atoms with van der Waals surface area (Å²) in [5, 5.41) is 50.0. The second kappa shape index (κ2) is 34.1. The maximum Gasteiger partial charge on any atom is 0.472 e. The van der Waals surface area contributed by atoms with Gasteiger partial charge in [0.15, 0.2) is 6.10 Å². The van der Waals surface area contributed by atoms with Gasteiger partial charge in [-0.1, -0.05) is 141 Å². The molecular weight excluding hydrogens is 755 g/mol. The van der Waals surface area contributed by atoms with Gasteiger partial charge in [-0.3, -0.25) is 18.6 Å². The molecule has 0 aromatic carbocycles. The van der Waals surface area contributed by atoms with Crippen molar-refractivity contribution >= 4 is 19.8 Å². The first kappa shape index (κ1) is 53.3. The monoisotopic (exact) mass is 835 g/mol. The van der Waals surface area contributed by atoms with E-state index in [0.717, 1.165) is 51.4 Å². The molecular formula is C43H79O13P. The van der Waals surface area contributed by atoms with E-state index in [9.17, 15) is 44.6 Å². The van der Waals surface area contributed by atoms with Gasteiger partial charge in [0, 0.05) is 12.8 Å². The summed E-state index contributed by atoms with van der Waals surface area (Å²) in [4.78, 5) is 35.6. The second-order valence-electron chi connectivity index (χ2n) is 15.5. The van der Waals surface area contributed by atoms with E-state index >= 15 is 0 Å². The quantitative estimate of drug-likeness (QED) is 0.0153. The molecule has 13 nitrogen and oxygen atoms in total. The second-order valence-corrected chi connectivity index (χ2v) is 16.9. The average molecular weight is 835 g/mol. The number of unbranched alkanes of at least 4 members (excludes halogenated alkanes) is 20. The molecule has 0 aromatic heterocycles. The SMILES string of the molecule is CCCCCC/C=C/CCCCCCCC(=O)O[C@@H](COC(=O)CC/C=C/CCCCCCCCCCCCC)COP(=O)(O)OC1C(O)C(O)C(O)[C@H](O)C1O. The van der Waals surface area contributed by atoms with Gasteiger partial charge in [0.25, 0.3) is 0 Å². The number of hydrogen-bond acceptors (Lipinski definition) is 12. The predicted octanol–water partition coefficient (Wildman–Crippen LogP) is 8.06. The van der Waals surface area contributed by atoms with Crippen molar-refractivity contribution in [3.63, 3.8) is 0 Å². The molecule has 1 rings (SSSR count). The van der Waals surface area contributed by atoms with E-state index in [1.807, 2.05) is 6.08 Å². The van der Waals surface area contributed by atoms with Crippen LogP contribution >= 0.6 is 7.82 Å². The van der Waals surface area contributed by atoms with Gasteiger partial charge in [-0.05, 0) is 51.4 Å². The first-order valence-corrected chi connectivity index (χ1v) is 23.6. The highest BCUT2D eigenvalue weighted by Gasteiger charge is 2.51. The van der Waals surface area contributed by atoms with Gasteiger partial charge in [0.1, 0.15) is 43.2 Å². The Kier molecular flexibility index (Phi) is 31.9. The van der Waals surface area contributed by atoms with Crippen molar-refractivity contribution in [1.29, 1.82) is 0 Å². The Morgan fingerprint density at radius 1 is 0.526 bits per heavy atom. The fourth-order valence-corrected chi connectivity index (χ4v) is 7.62. The van der Waals surface area contributed by atoms with Gasteiger partial charge in [0.05, 0.1) is 6.61 Å². The Labute approximate surface area is 343 Å². The number of carbonyl (C=O) groups is 2.